The average molecular weight is 311 g/mol. The summed E-state index contributed by atoms with van der Waals surface area (Å²) in [6.07, 6.45) is 1.85. The van der Waals surface area contributed by atoms with E-state index in [1.807, 2.05) is 31.2 Å². The van der Waals surface area contributed by atoms with Gasteiger partial charge in [0.2, 0.25) is 0 Å². The van der Waals surface area contributed by atoms with E-state index < -0.39 is 0 Å². The molecule has 0 aliphatic heterocycles. The maximum atomic E-state index is 5.95. The Morgan fingerprint density at radius 1 is 1.04 bits per heavy atom. The lowest BCUT2D eigenvalue weighted by Gasteiger charge is -2.14. The van der Waals surface area contributed by atoms with E-state index in [1.165, 1.54) is 11.1 Å². The molecular formula is C20H25NO2. The van der Waals surface area contributed by atoms with E-state index in [4.69, 9.17) is 9.47 Å². The number of hydrogen-bond acceptors (Lipinski definition) is 3. The van der Waals surface area contributed by atoms with E-state index in [-0.39, 0.29) is 0 Å². The van der Waals surface area contributed by atoms with Crippen LogP contribution in [0.5, 0.6) is 11.5 Å². The molecule has 0 heterocycles. The van der Waals surface area contributed by atoms with Crippen molar-refractivity contribution in [3.63, 3.8) is 0 Å². The number of aryl methyl sites for hydroxylation is 1. The van der Waals surface area contributed by atoms with Crippen LogP contribution in [0.1, 0.15) is 23.6 Å². The zero-order valence-corrected chi connectivity index (χ0v) is 14.0. The molecule has 122 valence electrons. The Morgan fingerprint density at radius 2 is 1.91 bits per heavy atom. The summed E-state index contributed by atoms with van der Waals surface area (Å²) in [4.78, 5) is 0. The number of ether oxygens (including phenoxy) is 2. The summed E-state index contributed by atoms with van der Waals surface area (Å²) in [5.41, 5.74) is 3.56. The van der Waals surface area contributed by atoms with E-state index in [2.05, 4.69) is 43.1 Å². The van der Waals surface area contributed by atoms with Crippen molar-refractivity contribution in [2.75, 3.05) is 13.2 Å². The molecule has 2 aromatic carbocycles. The second-order valence-corrected chi connectivity index (χ2v) is 5.41. The highest BCUT2D eigenvalue weighted by atomic mass is 16.5. The van der Waals surface area contributed by atoms with Crippen LogP contribution >= 0.6 is 0 Å². The molecule has 0 saturated heterocycles. The van der Waals surface area contributed by atoms with Crippen molar-refractivity contribution in [1.29, 1.82) is 0 Å². The van der Waals surface area contributed by atoms with Crippen molar-refractivity contribution in [3.8, 4) is 11.5 Å². The molecule has 3 nitrogen and oxygen atoms in total. The summed E-state index contributed by atoms with van der Waals surface area (Å²) >= 11 is 0. The SMILES string of the molecule is C=CCNCc1ccc(OCc2cccc(C)c2)c(OCC)c1. The van der Waals surface area contributed by atoms with E-state index in [0.717, 1.165) is 30.2 Å². The molecule has 0 spiro atoms. The van der Waals surface area contributed by atoms with Gasteiger partial charge >= 0.3 is 0 Å². The molecule has 0 aromatic heterocycles. The van der Waals surface area contributed by atoms with Crippen molar-refractivity contribution in [2.24, 2.45) is 0 Å². The van der Waals surface area contributed by atoms with Crippen molar-refractivity contribution < 1.29 is 9.47 Å². The molecule has 1 N–H and O–H groups in total. The Hall–Kier alpha value is -2.26. The summed E-state index contributed by atoms with van der Waals surface area (Å²) < 4.78 is 11.7. The molecule has 0 fully saturated rings. The van der Waals surface area contributed by atoms with Gasteiger partial charge < -0.3 is 14.8 Å². The Balaban J connectivity index is 2.05. The fourth-order valence-electron chi connectivity index (χ4n) is 2.33. The molecule has 0 aliphatic carbocycles. The molecule has 0 aliphatic rings. The summed E-state index contributed by atoms with van der Waals surface area (Å²) in [6.45, 7) is 10.5. The van der Waals surface area contributed by atoms with Crippen LogP contribution < -0.4 is 14.8 Å². The predicted octanol–water partition coefficient (Wildman–Crippen LogP) is 4.25. The van der Waals surface area contributed by atoms with Gasteiger partial charge in [0.15, 0.2) is 11.5 Å². The predicted molar refractivity (Wildman–Crippen MR) is 95.0 cm³/mol. The second-order valence-electron chi connectivity index (χ2n) is 5.41. The van der Waals surface area contributed by atoms with Crippen LogP contribution in [0, 0.1) is 6.92 Å². The van der Waals surface area contributed by atoms with Gasteiger partial charge in [-0.25, -0.2) is 0 Å². The fourth-order valence-corrected chi connectivity index (χ4v) is 2.33. The van der Waals surface area contributed by atoms with Crippen molar-refractivity contribution in [2.45, 2.75) is 27.0 Å². The minimum Gasteiger partial charge on any atom is -0.490 e. The lowest BCUT2D eigenvalue weighted by Crippen LogP contribution is -2.12. The van der Waals surface area contributed by atoms with Gasteiger partial charge in [-0.3, -0.25) is 0 Å². The maximum absolute atomic E-state index is 5.95. The van der Waals surface area contributed by atoms with Gasteiger partial charge in [-0.1, -0.05) is 42.0 Å². The second kappa shape index (κ2) is 9.01. The highest BCUT2D eigenvalue weighted by Gasteiger charge is 2.07. The van der Waals surface area contributed by atoms with Crippen molar-refractivity contribution >= 4 is 0 Å². The first kappa shape index (κ1) is 17.1. The van der Waals surface area contributed by atoms with Crippen LogP contribution in [0.2, 0.25) is 0 Å². The normalized spacial score (nSPS) is 10.3. The Bertz CT molecular complexity index is 637. The largest absolute Gasteiger partial charge is 0.490 e. The lowest BCUT2D eigenvalue weighted by atomic mass is 10.1. The van der Waals surface area contributed by atoms with Gasteiger partial charge in [-0.05, 0) is 37.1 Å². The third-order valence-corrected chi connectivity index (χ3v) is 3.40. The van der Waals surface area contributed by atoms with Crippen LogP contribution in [0.15, 0.2) is 55.1 Å². The van der Waals surface area contributed by atoms with E-state index in [0.29, 0.717) is 13.2 Å². The Labute approximate surface area is 138 Å². The summed E-state index contributed by atoms with van der Waals surface area (Å²) in [6, 6.07) is 14.4. The Morgan fingerprint density at radius 3 is 2.65 bits per heavy atom. The molecule has 2 rings (SSSR count). The van der Waals surface area contributed by atoms with Crippen LogP contribution in [0.3, 0.4) is 0 Å². The number of rotatable bonds is 9. The Kier molecular flexibility index (Phi) is 6.70. The molecule has 23 heavy (non-hydrogen) atoms. The minimum absolute atomic E-state index is 0.538. The summed E-state index contributed by atoms with van der Waals surface area (Å²) in [5.74, 6) is 1.57. The van der Waals surface area contributed by atoms with Crippen LogP contribution in [-0.2, 0) is 13.2 Å². The van der Waals surface area contributed by atoms with E-state index in [9.17, 15) is 0 Å². The van der Waals surface area contributed by atoms with Gasteiger partial charge in [-0.2, -0.15) is 0 Å². The first-order valence-electron chi connectivity index (χ1n) is 7.98. The number of benzene rings is 2. The standard InChI is InChI=1S/C20H25NO2/c1-4-11-21-14-17-9-10-19(20(13-17)22-5-2)23-15-18-8-6-7-16(3)12-18/h4,6-10,12-13,21H,1,5,11,14-15H2,2-3H3. The fraction of sp³-hybridized carbons (Fsp3) is 0.300. The van der Waals surface area contributed by atoms with Crippen molar-refractivity contribution in [1.82, 2.24) is 5.32 Å². The molecule has 0 unspecified atom stereocenters. The minimum atomic E-state index is 0.538. The number of hydrogen-bond donors (Lipinski definition) is 1. The van der Waals surface area contributed by atoms with Crippen LogP contribution in [0.25, 0.3) is 0 Å². The molecule has 0 atom stereocenters. The van der Waals surface area contributed by atoms with E-state index >= 15 is 0 Å². The smallest absolute Gasteiger partial charge is 0.161 e. The van der Waals surface area contributed by atoms with Gasteiger partial charge in [0.1, 0.15) is 6.61 Å². The van der Waals surface area contributed by atoms with Gasteiger partial charge in [0.25, 0.3) is 0 Å². The molecule has 2 aromatic rings. The topological polar surface area (TPSA) is 30.5 Å². The van der Waals surface area contributed by atoms with Crippen LogP contribution in [-0.4, -0.2) is 13.2 Å². The number of nitrogens with one attached hydrogen (secondary N) is 1. The van der Waals surface area contributed by atoms with E-state index in [1.54, 1.807) is 0 Å². The highest BCUT2D eigenvalue weighted by Crippen LogP contribution is 2.29. The molecule has 0 saturated carbocycles. The molecule has 0 radical (unpaired) electrons. The molecule has 0 bridgehead atoms. The van der Waals surface area contributed by atoms with Crippen LogP contribution in [0.4, 0.5) is 0 Å². The average Bonchev–Trinajstić information content (AvgIpc) is 2.55. The first-order chi connectivity index (χ1) is 11.2. The molecular weight excluding hydrogens is 286 g/mol. The van der Waals surface area contributed by atoms with Gasteiger partial charge in [0.05, 0.1) is 6.61 Å². The lowest BCUT2D eigenvalue weighted by molar-refractivity contribution is 0.269. The summed E-state index contributed by atoms with van der Waals surface area (Å²) in [7, 11) is 0. The zero-order valence-electron chi connectivity index (χ0n) is 14.0. The monoisotopic (exact) mass is 311 g/mol. The van der Waals surface area contributed by atoms with Gasteiger partial charge in [-0.15, -0.1) is 6.58 Å². The maximum Gasteiger partial charge on any atom is 0.161 e. The highest BCUT2D eigenvalue weighted by molar-refractivity contribution is 5.43. The zero-order chi connectivity index (χ0) is 16.5. The molecule has 3 heteroatoms. The molecule has 0 amide bonds. The summed E-state index contributed by atoms with van der Waals surface area (Å²) in [5, 5.41) is 3.29. The van der Waals surface area contributed by atoms with Crippen molar-refractivity contribution in [3.05, 3.63) is 71.8 Å². The third-order valence-electron chi connectivity index (χ3n) is 3.40. The van der Waals surface area contributed by atoms with Gasteiger partial charge in [0, 0.05) is 13.1 Å². The quantitative estimate of drug-likeness (QED) is 0.555. The third kappa shape index (κ3) is 5.46. The first-order valence-corrected chi connectivity index (χ1v) is 7.98.